The summed E-state index contributed by atoms with van der Waals surface area (Å²) in [4.78, 5) is 0. The van der Waals surface area contributed by atoms with Gasteiger partial charge < -0.3 is 9.88 Å². The minimum absolute atomic E-state index is 0.779. The SMILES string of the molecule is CCn1c2ccccc2c2cc(CNc3ccc(C)c(Cl)c3)ccc21. The van der Waals surface area contributed by atoms with Crippen LogP contribution in [-0.4, -0.2) is 4.57 Å². The molecule has 0 aliphatic heterocycles. The topological polar surface area (TPSA) is 17.0 Å². The van der Waals surface area contributed by atoms with Gasteiger partial charge in [-0.3, -0.25) is 0 Å². The van der Waals surface area contributed by atoms with Gasteiger partial charge >= 0.3 is 0 Å². The van der Waals surface area contributed by atoms with Crippen LogP contribution in [0.1, 0.15) is 18.1 Å². The molecule has 0 aliphatic rings. The maximum atomic E-state index is 6.22. The molecule has 0 saturated carbocycles. The number of hydrogen-bond acceptors (Lipinski definition) is 1. The Balaban J connectivity index is 1.69. The van der Waals surface area contributed by atoms with E-state index in [-0.39, 0.29) is 0 Å². The Bertz CT molecular complexity index is 1060. The number of fused-ring (bicyclic) bond motifs is 3. The number of aromatic nitrogens is 1. The Morgan fingerprint density at radius 3 is 2.52 bits per heavy atom. The van der Waals surface area contributed by atoms with Crippen LogP contribution in [-0.2, 0) is 13.1 Å². The number of aryl methyl sites for hydroxylation is 2. The number of hydrogen-bond donors (Lipinski definition) is 1. The molecule has 0 fully saturated rings. The second kappa shape index (κ2) is 6.45. The lowest BCUT2D eigenvalue weighted by molar-refractivity contribution is 0.827. The number of anilines is 1. The summed E-state index contributed by atoms with van der Waals surface area (Å²) in [7, 11) is 0. The lowest BCUT2D eigenvalue weighted by Gasteiger charge is -2.09. The van der Waals surface area contributed by atoms with Crippen LogP contribution in [0, 0.1) is 6.92 Å². The van der Waals surface area contributed by atoms with Crippen molar-refractivity contribution in [3.8, 4) is 0 Å². The molecule has 0 atom stereocenters. The van der Waals surface area contributed by atoms with Gasteiger partial charge in [-0.1, -0.05) is 41.9 Å². The summed E-state index contributed by atoms with van der Waals surface area (Å²) >= 11 is 6.22. The first kappa shape index (κ1) is 16.0. The molecule has 3 aromatic carbocycles. The molecule has 0 aliphatic carbocycles. The Hall–Kier alpha value is -2.45. The third-order valence-electron chi connectivity index (χ3n) is 4.82. The van der Waals surface area contributed by atoms with E-state index in [4.69, 9.17) is 11.6 Å². The van der Waals surface area contributed by atoms with Gasteiger partial charge in [0.05, 0.1) is 0 Å². The Kier molecular flexibility index (Phi) is 4.14. The predicted molar refractivity (Wildman–Crippen MR) is 109 cm³/mol. The normalized spacial score (nSPS) is 11.3. The quantitative estimate of drug-likeness (QED) is 0.452. The summed E-state index contributed by atoms with van der Waals surface area (Å²) in [5.74, 6) is 0. The monoisotopic (exact) mass is 348 g/mol. The van der Waals surface area contributed by atoms with E-state index in [1.165, 1.54) is 27.4 Å². The lowest BCUT2D eigenvalue weighted by atomic mass is 10.1. The summed E-state index contributed by atoms with van der Waals surface area (Å²) in [6.45, 7) is 5.97. The standard InChI is InChI=1S/C22H21ClN2/c1-3-25-21-7-5-4-6-18(21)19-12-16(9-11-22(19)25)14-24-17-10-8-15(2)20(23)13-17/h4-13,24H,3,14H2,1-2H3. The fourth-order valence-electron chi connectivity index (χ4n) is 3.46. The van der Waals surface area contributed by atoms with Gasteiger partial charge in [0.2, 0.25) is 0 Å². The highest BCUT2D eigenvalue weighted by Gasteiger charge is 2.09. The first-order valence-corrected chi connectivity index (χ1v) is 9.05. The maximum absolute atomic E-state index is 6.22. The van der Waals surface area contributed by atoms with Crippen molar-refractivity contribution in [2.75, 3.05) is 5.32 Å². The molecule has 25 heavy (non-hydrogen) atoms. The fourth-order valence-corrected chi connectivity index (χ4v) is 3.64. The number of nitrogens with zero attached hydrogens (tertiary/aromatic N) is 1. The van der Waals surface area contributed by atoms with Gasteiger partial charge in [0.1, 0.15) is 0 Å². The van der Waals surface area contributed by atoms with Crippen LogP contribution in [0.25, 0.3) is 21.8 Å². The van der Waals surface area contributed by atoms with E-state index in [2.05, 4.69) is 65.3 Å². The second-order valence-corrected chi connectivity index (χ2v) is 6.84. The van der Waals surface area contributed by atoms with Crippen molar-refractivity contribution < 1.29 is 0 Å². The van der Waals surface area contributed by atoms with Crippen molar-refractivity contribution in [2.24, 2.45) is 0 Å². The van der Waals surface area contributed by atoms with Crippen LogP contribution in [0.2, 0.25) is 5.02 Å². The van der Waals surface area contributed by atoms with E-state index in [1.54, 1.807) is 0 Å². The van der Waals surface area contributed by atoms with E-state index in [9.17, 15) is 0 Å². The number of rotatable bonds is 4. The zero-order valence-corrected chi connectivity index (χ0v) is 15.3. The van der Waals surface area contributed by atoms with Crippen molar-refractivity contribution in [3.05, 3.63) is 76.8 Å². The Morgan fingerprint density at radius 1 is 0.920 bits per heavy atom. The minimum Gasteiger partial charge on any atom is -0.381 e. The Morgan fingerprint density at radius 2 is 1.72 bits per heavy atom. The number of nitrogens with one attached hydrogen (secondary N) is 1. The summed E-state index contributed by atoms with van der Waals surface area (Å²) in [6, 6.07) is 21.5. The molecular weight excluding hydrogens is 328 g/mol. The molecule has 4 aromatic rings. The molecule has 0 amide bonds. The average molecular weight is 349 g/mol. The van der Waals surface area contributed by atoms with Crippen molar-refractivity contribution in [3.63, 3.8) is 0 Å². The van der Waals surface area contributed by atoms with Crippen LogP contribution >= 0.6 is 11.6 Å². The first-order chi connectivity index (χ1) is 12.2. The van der Waals surface area contributed by atoms with Gasteiger partial charge in [0, 0.05) is 45.6 Å². The van der Waals surface area contributed by atoms with Crippen molar-refractivity contribution in [2.45, 2.75) is 26.9 Å². The van der Waals surface area contributed by atoms with E-state index in [0.29, 0.717) is 0 Å². The van der Waals surface area contributed by atoms with Crippen LogP contribution in [0.5, 0.6) is 0 Å². The van der Waals surface area contributed by atoms with Crippen LogP contribution < -0.4 is 5.32 Å². The zero-order chi connectivity index (χ0) is 17.4. The van der Waals surface area contributed by atoms with E-state index < -0.39 is 0 Å². The molecule has 1 N–H and O–H groups in total. The predicted octanol–water partition coefficient (Wildman–Crippen LogP) is 6.39. The van der Waals surface area contributed by atoms with Crippen molar-refractivity contribution >= 4 is 39.1 Å². The third-order valence-corrected chi connectivity index (χ3v) is 5.23. The molecule has 126 valence electrons. The second-order valence-electron chi connectivity index (χ2n) is 6.43. The number of halogens is 1. The van der Waals surface area contributed by atoms with E-state index in [0.717, 1.165) is 29.4 Å². The molecule has 3 heteroatoms. The maximum Gasteiger partial charge on any atom is 0.0491 e. The number of benzene rings is 3. The highest BCUT2D eigenvalue weighted by atomic mass is 35.5. The Labute approximate surface area is 153 Å². The molecule has 0 radical (unpaired) electrons. The average Bonchev–Trinajstić information content (AvgIpc) is 2.96. The van der Waals surface area contributed by atoms with Gasteiger partial charge in [-0.25, -0.2) is 0 Å². The highest BCUT2D eigenvalue weighted by Crippen LogP contribution is 2.30. The van der Waals surface area contributed by atoms with Gasteiger partial charge in [-0.05, 0) is 55.3 Å². The zero-order valence-electron chi connectivity index (χ0n) is 14.5. The minimum atomic E-state index is 0.779. The van der Waals surface area contributed by atoms with Crippen LogP contribution in [0.3, 0.4) is 0 Å². The van der Waals surface area contributed by atoms with Gasteiger partial charge in [0.25, 0.3) is 0 Å². The molecule has 4 rings (SSSR count). The number of para-hydroxylation sites is 1. The summed E-state index contributed by atoms with van der Waals surface area (Å²) in [6.07, 6.45) is 0. The fraction of sp³-hybridized carbons (Fsp3) is 0.182. The lowest BCUT2D eigenvalue weighted by Crippen LogP contribution is -1.99. The molecule has 1 heterocycles. The van der Waals surface area contributed by atoms with Crippen molar-refractivity contribution in [1.82, 2.24) is 4.57 Å². The molecular formula is C22H21ClN2. The molecule has 0 spiro atoms. The van der Waals surface area contributed by atoms with E-state index in [1.807, 2.05) is 19.1 Å². The first-order valence-electron chi connectivity index (χ1n) is 8.67. The summed E-state index contributed by atoms with van der Waals surface area (Å²) in [5, 5.41) is 6.91. The smallest absolute Gasteiger partial charge is 0.0491 e. The van der Waals surface area contributed by atoms with Crippen LogP contribution in [0.15, 0.2) is 60.7 Å². The van der Waals surface area contributed by atoms with Gasteiger partial charge in [-0.2, -0.15) is 0 Å². The molecule has 0 bridgehead atoms. The largest absolute Gasteiger partial charge is 0.381 e. The summed E-state index contributed by atoms with van der Waals surface area (Å²) in [5.41, 5.74) is 6.01. The summed E-state index contributed by atoms with van der Waals surface area (Å²) < 4.78 is 2.38. The molecule has 0 unspecified atom stereocenters. The molecule has 1 aromatic heterocycles. The van der Waals surface area contributed by atoms with Gasteiger partial charge in [0.15, 0.2) is 0 Å². The van der Waals surface area contributed by atoms with Gasteiger partial charge in [-0.15, -0.1) is 0 Å². The molecule has 2 nitrogen and oxygen atoms in total. The van der Waals surface area contributed by atoms with E-state index >= 15 is 0 Å². The highest BCUT2D eigenvalue weighted by molar-refractivity contribution is 6.31. The van der Waals surface area contributed by atoms with Crippen molar-refractivity contribution in [1.29, 1.82) is 0 Å². The molecule has 0 saturated heterocycles. The van der Waals surface area contributed by atoms with Crippen LogP contribution in [0.4, 0.5) is 5.69 Å². The third kappa shape index (κ3) is 2.87.